The first-order valence-corrected chi connectivity index (χ1v) is 9.50. The Morgan fingerprint density at radius 2 is 1.77 bits per heavy atom. The van der Waals surface area contributed by atoms with Crippen LogP contribution >= 0.6 is 0 Å². The molecule has 4 rings (SSSR count). The second kappa shape index (κ2) is 8.31. The number of nitrogens with one attached hydrogen (secondary N) is 1. The number of amides is 2. The molecular weight excluding hydrogens is 383 g/mol. The summed E-state index contributed by atoms with van der Waals surface area (Å²) >= 11 is 0. The van der Waals surface area contributed by atoms with Gasteiger partial charge in [0.2, 0.25) is 0 Å². The number of imide groups is 1. The quantitative estimate of drug-likeness (QED) is 0.294. The summed E-state index contributed by atoms with van der Waals surface area (Å²) in [5, 5.41) is 13.7. The molecule has 0 aromatic heterocycles. The Morgan fingerprint density at radius 3 is 2.53 bits per heavy atom. The molecule has 0 fully saturated rings. The third-order valence-electron chi connectivity index (χ3n) is 4.93. The molecule has 0 atom stereocenters. The topological polar surface area (TPSA) is 69.6 Å². The Balaban J connectivity index is 1.69. The van der Waals surface area contributed by atoms with Crippen molar-refractivity contribution in [3.05, 3.63) is 101 Å². The normalized spacial score (nSPS) is 12.8. The predicted octanol–water partition coefficient (Wildman–Crippen LogP) is 4.39. The van der Waals surface area contributed by atoms with Crippen LogP contribution in [0.3, 0.4) is 0 Å². The number of hydroxylamine groups is 2. The van der Waals surface area contributed by atoms with Gasteiger partial charge in [0.1, 0.15) is 5.82 Å². The summed E-state index contributed by atoms with van der Waals surface area (Å²) in [6, 6.07) is 19.4. The van der Waals surface area contributed by atoms with Gasteiger partial charge in [-0.15, -0.1) is 5.06 Å². The summed E-state index contributed by atoms with van der Waals surface area (Å²) in [5.74, 6) is -2.32. The van der Waals surface area contributed by atoms with Crippen molar-refractivity contribution < 1.29 is 19.2 Å². The average molecular weight is 402 g/mol. The van der Waals surface area contributed by atoms with Gasteiger partial charge in [-0.1, -0.05) is 48.5 Å². The third-order valence-corrected chi connectivity index (χ3v) is 4.93. The lowest BCUT2D eigenvalue weighted by Crippen LogP contribution is -2.34. The van der Waals surface area contributed by atoms with Crippen molar-refractivity contribution in [3.8, 4) is 0 Å². The van der Waals surface area contributed by atoms with E-state index < -0.39 is 17.6 Å². The van der Waals surface area contributed by atoms with Gasteiger partial charge < -0.3 is 5.32 Å². The molecule has 0 bridgehead atoms. The zero-order valence-electron chi connectivity index (χ0n) is 16.0. The molecule has 2 amide bonds. The maximum absolute atomic E-state index is 13.8. The molecule has 0 aliphatic carbocycles. The van der Waals surface area contributed by atoms with E-state index in [1.54, 1.807) is 48.5 Å². The highest BCUT2D eigenvalue weighted by Gasteiger charge is 2.26. The molecular formula is C24H19FN2O3. The molecule has 2 N–H and O–H groups in total. The van der Waals surface area contributed by atoms with Gasteiger partial charge in [0.05, 0.1) is 5.57 Å². The second-order valence-corrected chi connectivity index (χ2v) is 6.95. The largest absolute Gasteiger partial charge is 0.384 e. The summed E-state index contributed by atoms with van der Waals surface area (Å²) in [6.45, 7) is 0.776. The molecule has 3 aromatic rings. The van der Waals surface area contributed by atoms with E-state index in [2.05, 4.69) is 5.32 Å². The van der Waals surface area contributed by atoms with E-state index in [1.165, 1.54) is 24.3 Å². The van der Waals surface area contributed by atoms with Gasteiger partial charge in [0.25, 0.3) is 11.8 Å². The minimum atomic E-state index is -0.942. The Bertz CT molecular complexity index is 1140. The molecule has 150 valence electrons. The maximum Gasteiger partial charge on any atom is 0.285 e. The lowest BCUT2D eigenvalue weighted by atomic mass is 10.0. The molecule has 0 radical (unpaired) electrons. The van der Waals surface area contributed by atoms with E-state index in [0.29, 0.717) is 5.56 Å². The highest BCUT2D eigenvalue weighted by atomic mass is 19.1. The van der Waals surface area contributed by atoms with Gasteiger partial charge in [0.15, 0.2) is 0 Å². The maximum atomic E-state index is 13.8. The minimum absolute atomic E-state index is 0.00386. The van der Waals surface area contributed by atoms with Crippen molar-refractivity contribution in [2.24, 2.45) is 0 Å². The Labute approximate surface area is 173 Å². The van der Waals surface area contributed by atoms with Crippen LogP contribution in [0.4, 0.5) is 10.1 Å². The first-order valence-electron chi connectivity index (χ1n) is 9.50. The Hall–Kier alpha value is -3.77. The molecule has 6 heteroatoms. The summed E-state index contributed by atoms with van der Waals surface area (Å²) in [7, 11) is 0. The molecule has 0 saturated heterocycles. The fourth-order valence-corrected chi connectivity index (χ4v) is 3.39. The lowest BCUT2D eigenvalue weighted by molar-refractivity contribution is -0.146. The van der Waals surface area contributed by atoms with Crippen LogP contribution in [0.2, 0.25) is 0 Å². The molecule has 1 aliphatic heterocycles. The number of hydrogen-bond donors (Lipinski definition) is 2. The second-order valence-electron chi connectivity index (χ2n) is 6.95. The summed E-state index contributed by atoms with van der Waals surface area (Å²) in [6.07, 6.45) is 2.37. The van der Waals surface area contributed by atoms with Crippen LogP contribution in [0.5, 0.6) is 0 Å². The zero-order chi connectivity index (χ0) is 21.1. The summed E-state index contributed by atoms with van der Waals surface area (Å²) in [4.78, 5) is 25.8. The molecule has 1 heterocycles. The first-order chi connectivity index (χ1) is 14.5. The number of halogens is 1. The van der Waals surface area contributed by atoms with Crippen LogP contribution < -0.4 is 5.32 Å². The number of carbonyl (C=O) groups is 2. The minimum Gasteiger partial charge on any atom is -0.384 e. The number of carbonyl (C=O) groups excluding carboxylic acids is 2. The summed E-state index contributed by atoms with van der Waals surface area (Å²) < 4.78 is 13.8. The van der Waals surface area contributed by atoms with E-state index in [9.17, 15) is 19.2 Å². The van der Waals surface area contributed by atoms with Crippen LogP contribution in [0, 0.1) is 5.82 Å². The van der Waals surface area contributed by atoms with Gasteiger partial charge in [-0.05, 0) is 53.5 Å². The molecule has 0 unspecified atom stereocenters. The number of rotatable bonds is 4. The number of hydrogen-bond acceptors (Lipinski definition) is 4. The van der Waals surface area contributed by atoms with E-state index in [4.69, 9.17) is 0 Å². The average Bonchev–Trinajstić information content (AvgIpc) is 3.24. The Kier molecular flexibility index (Phi) is 5.41. The van der Waals surface area contributed by atoms with Gasteiger partial charge >= 0.3 is 0 Å². The van der Waals surface area contributed by atoms with E-state index in [-0.39, 0.29) is 21.8 Å². The molecule has 1 aliphatic rings. The van der Waals surface area contributed by atoms with Crippen LogP contribution in [-0.4, -0.2) is 28.6 Å². The van der Waals surface area contributed by atoms with Crippen molar-refractivity contribution in [1.82, 2.24) is 5.06 Å². The lowest BCUT2D eigenvalue weighted by Gasteiger charge is -2.16. The van der Waals surface area contributed by atoms with E-state index in [1.807, 2.05) is 6.07 Å². The molecule has 0 saturated carbocycles. The molecule has 3 aromatic carbocycles. The van der Waals surface area contributed by atoms with Gasteiger partial charge in [0, 0.05) is 17.8 Å². The summed E-state index contributed by atoms with van der Waals surface area (Å²) in [5.41, 5.74) is 2.99. The highest BCUT2D eigenvalue weighted by Crippen LogP contribution is 2.25. The zero-order valence-corrected chi connectivity index (χ0v) is 16.0. The smallest absolute Gasteiger partial charge is 0.285 e. The number of benzene rings is 3. The SMILES string of the molecule is O=C(C(=Cc1ccccc1)c1cccc(F)c1)N(O)C(=O)c1ccc2c(c1)NCC2. The van der Waals surface area contributed by atoms with Gasteiger partial charge in [-0.25, -0.2) is 4.39 Å². The van der Waals surface area contributed by atoms with Crippen molar-refractivity contribution in [2.45, 2.75) is 6.42 Å². The standard InChI is InChI=1S/C24H19FN2O3/c25-20-8-4-7-18(14-20)21(13-16-5-2-1-3-6-16)24(29)27(30)23(28)19-10-9-17-11-12-26-22(17)15-19/h1-10,13-15,26,30H,11-12H2. The Morgan fingerprint density at radius 1 is 0.967 bits per heavy atom. The number of nitrogens with zero attached hydrogens (tertiary/aromatic N) is 1. The molecule has 30 heavy (non-hydrogen) atoms. The van der Waals surface area contributed by atoms with Gasteiger partial charge in [-0.2, -0.15) is 0 Å². The van der Waals surface area contributed by atoms with Gasteiger partial charge in [-0.3, -0.25) is 14.8 Å². The van der Waals surface area contributed by atoms with Crippen LogP contribution in [0.1, 0.15) is 27.0 Å². The van der Waals surface area contributed by atoms with Crippen LogP contribution in [-0.2, 0) is 11.2 Å². The van der Waals surface area contributed by atoms with Crippen molar-refractivity contribution in [2.75, 3.05) is 11.9 Å². The molecule has 0 spiro atoms. The molecule has 5 nitrogen and oxygen atoms in total. The predicted molar refractivity (Wildman–Crippen MR) is 112 cm³/mol. The number of fused-ring (bicyclic) bond motifs is 1. The third kappa shape index (κ3) is 3.99. The highest BCUT2D eigenvalue weighted by molar-refractivity contribution is 6.28. The van der Waals surface area contributed by atoms with Crippen molar-refractivity contribution in [3.63, 3.8) is 0 Å². The monoisotopic (exact) mass is 402 g/mol. The number of anilines is 1. The fraction of sp³-hybridized carbons (Fsp3) is 0.0833. The first kappa shape index (κ1) is 19.5. The van der Waals surface area contributed by atoms with Crippen molar-refractivity contribution >= 4 is 29.2 Å². The van der Waals surface area contributed by atoms with Crippen molar-refractivity contribution in [1.29, 1.82) is 0 Å². The van der Waals surface area contributed by atoms with E-state index in [0.717, 1.165) is 24.2 Å². The van der Waals surface area contributed by atoms with E-state index >= 15 is 0 Å². The fourth-order valence-electron chi connectivity index (χ4n) is 3.39. The van der Waals surface area contributed by atoms with Crippen LogP contribution in [0.25, 0.3) is 11.6 Å². The van der Waals surface area contributed by atoms with Crippen LogP contribution in [0.15, 0.2) is 72.8 Å².